The van der Waals surface area contributed by atoms with Crippen LogP contribution < -0.4 is 0 Å². The van der Waals surface area contributed by atoms with Crippen LogP contribution in [0.1, 0.15) is 73.6 Å². The molecule has 1 fully saturated rings. The molecule has 4 N–H and O–H groups in total. The van der Waals surface area contributed by atoms with Crippen LogP contribution in [0.15, 0.2) is 48.1 Å². The highest BCUT2D eigenvalue weighted by atomic mass is 16.6. The van der Waals surface area contributed by atoms with E-state index in [4.69, 9.17) is 9.47 Å². The highest BCUT2D eigenvalue weighted by Crippen LogP contribution is 2.39. The number of rotatable bonds is 3. The van der Waals surface area contributed by atoms with Crippen molar-refractivity contribution in [3.05, 3.63) is 48.1 Å². The molecule has 2 bridgehead atoms. The number of allylic oxidation sites excluding steroid dienone is 1. The number of carbonyl (C=O) groups is 1. The van der Waals surface area contributed by atoms with E-state index in [1.807, 2.05) is 20.8 Å². The van der Waals surface area contributed by atoms with Gasteiger partial charge in [0.15, 0.2) is 0 Å². The van der Waals surface area contributed by atoms with E-state index < -0.39 is 41.8 Å². The van der Waals surface area contributed by atoms with E-state index >= 15 is 0 Å². The molecule has 2 aliphatic rings. The fourth-order valence-electron chi connectivity index (χ4n) is 4.58. The van der Waals surface area contributed by atoms with Crippen molar-refractivity contribution in [1.29, 1.82) is 0 Å². The summed E-state index contributed by atoms with van der Waals surface area (Å²) in [7, 11) is 0. The molecule has 9 atom stereocenters. The smallest absolute Gasteiger partial charge is 0.330 e. The van der Waals surface area contributed by atoms with Crippen molar-refractivity contribution < 1.29 is 34.7 Å². The Bertz CT molecular complexity index is 856. The summed E-state index contributed by atoms with van der Waals surface area (Å²) in [4.78, 5) is 12.8. The van der Waals surface area contributed by atoms with Crippen LogP contribution in [-0.2, 0) is 14.3 Å². The van der Waals surface area contributed by atoms with Crippen LogP contribution in [0.5, 0.6) is 0 Å². The summed E-state index contributed by atoms with van der Waals surface area (Å²) < 4.78 is 11.8. The first-order valence-corrected chi connectivity index (χ1v) is 13.0. The molecule has 0 aromatic carbocycles. The lowest BCUT2D eigenvalue weighted by molar-refractivity contribution is -0.305. The van der Waals surface area contributed by atoms with Crippen molar-refractivity contribution in [1.82, 2.24) is 0 Å². The highest BCUT2D eigenvalue weighted by molar-refractivity contribution is 5.83. The van der Waals surface area contributed by atoms with Gasteiger partial charge in [0.1, 0.15) is 11.7 Å². The Morgan fingerprint density at radius 2 is 1.86 bits per heavy atom. The molecule has 2 rings (SSSR count). The van der Waals surface area contributed by atoms with Gasteiger partial charge in [0.25, 0.3) is 0 Å². The number of carbonyl (C=O) groups excluding carboxylic acids is 1. The third-order valence-corrected chi connectivity index (χ3v) is 7.75. The maximum Gasteiger partial charge on any atom is 0.330 e. The molecule has 0 aliphatic carbocycles. The number of esters is 1. The molecule has 0 saturated carbocycles. The van der Waals surface area contributed by atoms with Gasteiger partial charge in [0.05, 0.1) is 18.3 Å². The molecule has 204 valence electrons. The minimum absolute atomic E-state index is 0.0922. The van der Waals surface area contributed by atoms with E-state index in [1.54, 1.807) is 32.1 Å². The van der Waals surface area contributed by atoms with Gasteiger partial charge >= 0.3 is 5.97 Å². The summed E-state index contributed by atoms with van der Waals surface area (Å²) in [6.45, 7) is 14.7. The van der Waals surface area contributed by atoms with Crippen molar-refractivity contribution >= 4 is 5.97 Å². The molecule has 9 unspecified atom stereocenters. The van der Waals surface area contributed by atoms with Crippen molar-refractivity contribution in [3.8, 4) is 0 Å². The number of aliphatic hydroxyl groups is 4. The molecule has 0 radical (unpaired) electrons. The Labute approximate surface area is 216 Å². The number of hydrogen-bond donors (Lipinski definition) is 4. The van der Waals surface area contributed by atoms with Crippen LogP contribution in [-0.4, -0.2) is 62.2 Å². The maximum absolute atomic E-state index is 12.8. The zero-order valence-corrected chi connectivity index (χ0v) is 22.7. The van der Waals surface area contributed by atoms with Crippen molar-refractivity contribution in [3.63, 3.8) is 0 Å². The maximum atomic E-state index is 12.8. The molecule has 0 aromatic heterocycles. The molecule has 7 nitrogen and oxygen atoms in total. The first-order valence-electron chi connectivity index (χ1n) is 13.0. The molecule has 7 heteroatoms. The van der Waals surface area contributed by atoms with Crippen LogP contribution >= 0.6 is 0 Å². The minimum atomic E-state index is -1.84. The fourth-order valence-corrected chi connectivity index (χ4v) is 4.58. The van der Waals surface area contributed by atoms with Gasteiger partial charge in [0, 0.05) is 18.4 Å². The van der Waals surface area contributed by atoms with Crippen LogP contribution in [0.2, 0.25) is 0 Å². The van der Waals surface area contributed by atoms with E-state index in [2.05, 4.69) is 6.58 Å². The number of hydrogen-bond acceptors (Lipinski definition) is 7. The van der Waals surface area contributed by atoms with E-state index in [-0.39, 0.29) is 24.2 Å². The lowest BCUT2D eigenvalue weighted by atomic mass is 9.83. The second kappa shape index (κ2) is 12.7. The Hall–Kier alpha value is -1.77. The molecule has 1 saturated heterocycles. The normalized spacial score (nSPS) is 40.7. The van der Waals surface area contributed by atoms with E-state index in [9.17, 15) is 25.2 Å². The number of aliphatic hydroxyl groups excluding tert-OH is 2. The van der Waals surface area contributed by atoms with Gasteiger partial charge in [-0.15, -0.1) is 0 Å². The van der Waals surface area contributed by atoms with Gasteiger partial charge in [-0.25, -0.2) is 4.79 Å². The standard InChI is InChI=1S/C29H46O7/c1-18-14-24-11-8-12-25(31)22(5)20(3)16-27(32)35-26(15-21(4)23(6)30)19(2)10-9-13-28(7,33)29(34,17-18)36-24/h8-9,12-13,16,19,21-26,30-31,33-34H,1,10-11,14-15,17H2,2-7H3/b12-8+,13-9+,20-16?. The van der Waals surface area contributed by atoms with Gasteiger partial charge < -0.3 is 29.9 Å². The third kappa shape index (κ3) is 8.12. The van der Waals surface area contributed by atoms with Crippen LogP contribution in [0, 0.1) is 17.8 Å². The number of fused-ring (bicyclic) bond motifs is 2. The molecule has 36 heavy (non-hydrogen) atoms. The Kier molecular flexibility index (Phi) is 10.7. The average Bonchev–Trinajstić information content (AvgIpc) is 2.76. The quantitative estimate of drug-likeness (QED) is 0.338. The number of cyclic esters (lactones) is 1. The molecule has 0 spiro atoms. The van der Waals surface area contributed by atoms with Gasteiger partial charge in [-0.3, -0.25) is 0 Å². The summed E-state index contributed by atoms with van der Waals surface area (Å²) in [5.41, 5.74) is -0.206. The molecule has 0 aromatic rings. The van der Waals surface area contributed by atoms with E-state index in [1.165, 1.54) is 19.1 Å². The monoisotopic (exact) mass is 506 g/mol. The van der Waals surface area contributed by atoms with Crippen LogP contribution in [0.25, 0.3) is 0 Å². The highest BCUT2D eigenvalue weighted by Gasteiger charge is 2.49. The Morgan fingerprint density at radius 1 is 1.19 bits per heavy atom. The first kappa shape index (κ1) is 30.5. The van der Waals surface area contributed by atoms with Gasteiger partial charge in [-0.05, 0) is 58.3 Å². The Morgan fingerprint density at radius 3 is 2.50 bits per heavy atom. The minimum Gasteiger partial charge on any atom is -0.459 e. The second-order valence-corrected chi connectivity index (χ2v) is 11.2. The zero-order chi connectivity index (χ0) is 27.3. The summed E-state index contributed by atoms with van der Waals surface area (Å²) in [5, 5.41) is 43.1. The largest absolute Gasteiger partial charge is 0.459 e. The van der Waals surface area contributed by atoms with Gasteiger partial charge in [0.2, 0.25) is 5.79 Å². The topological polar surface area (TPSA) is 116 Å². The molecular weight excluding hydrogens is 460 g/mol. The predicted octanol–water partition coefficient (Wildman–Crippen LogP) is 3.97. The predicted molar refractivity (Wildman–Crippen MR) is 140 cm³/mol. The number of ether oxygens (including phenoxy) is 2. The Balaban J connectivity index is 2.41. The zero-order valence-electron chi connectivity index (χ0n) is 22.7. The van der Waals surface area contributed by atoms with Gasteiger partial charge in [-0.2, -0.15) is 0 Å². The fraction of sp³-hybridized carbons (Fsp3) is 0.690. The second-order valence-electron chi connectivity index (χ2n) is 11.2. The SMILES string of the molecule is C=C1CC2C/C=C/C(O)C(C)C(C)=CC(=O)OC(CC(C)C(C)O)C(C)C/C=C/C(C)(O)C(O)(C1)O2. The lowest BCUT2D eigenvalue weighted by Gasteiger charge is -2.45. The summed E-state index contributed by atoms with van der Waals surface area (Å²) in [6, 6.07) is 0. The van der Waals surface area contributed by atoms with E-state index in [0.29, 0.717) is 31.3 Å². The molecule has 2 aliphatic heterocycles. The van der Waals surface area contributed by atoms with E-state index in [0.717, 1.165) is 5.57 Å². The summed E-state index contributed by atoms with van der Waals surface area (Å²) in [6.07, 6.45) is 7.94. The summed E-state index contributed by atoms with van der Waals surface area (Å²) in [5.74, 6) is -2.86. The van der Waals surface area contributed by atoms with Gasteiger partial charge in [-0.1, -0.05) is 62.8 Å². The van der Waals surface area contributed by atoms with Crippen LogP contribution in [0.3, 0.4) is 0 Å². The molecule has 2 heterocycles. The van der Waals surface area contributed by atoms with Crippen molar-refractivity contribution in [2.75, 3.05) is 0 Å². The summed E-state index contributed by atoms with van der Waals surface area (Å²) >= 11 is 0. The van der Waals surface area contributed by atoms with Crippen LogP contribution in [0.4, 0.5) is 0 Å². The third-order valence-electron chi connectivity index (χ3n) is 7.75. The average molecular weight is 507 g/mol. The van der Waals surface area contributed by atoms with Crippen molar-refractivity contribution in [2.45, 2.75) is 109 Å². The molecular formula is C29H46O7. The van der Waals surface area contributed by atoms with Crippen molar-refractivity contribution in [2.24, 2.45) is 17.8 Å². The molecule has 0 amide bonds. The first-order chi connectivity index (χ1) is 16.6. The lowest BCUT2D eigenvalue weighted by Crippen LogP contribution is -2.56.